The largest absolute Gasteiger partial charge is 0.378 e. The number of hydrogen-bond donors (Lipinski definition) is 0. The molecule has 0 unspecified atom stereocenters. The first-order valence-corrected chi connectivity index (χ1v) is 8.80. The molecule has 0 saturated carbocycles. The number of aromatic nitrogens is 4. The lowest BCUT2D eigenvalue weighted by Crippen LogP contribution is -2.47. The predicted molar refractivity (Wildman–Crippen MR) is 96.5 cm³/mol. The van der Waals surface area contributed by atoms with Gasteiger partial charge >= 0.3 is 0 Å². The Morgan fingerprint density at radius 1 is 0.800 bits per heavy atom. The van der Waals surface area contributed by atoms with E-state index in [0.29, 0.717) is 5.02 Å². The summed E-state index contributed by atoms with van der Waals surface area (Å²) in [6, 6.07) is 1.97. The molecule has 132 valence electrons. The fourth-order valence-corrected chi connectivity index (χ4v) is 3.13. The summed E-state index contributed by atoms with van der Waals surface area (Å²) in [7, 11) is 0. The maximum atomic E-state index is 5.85. The molecule has 4 heterocycles. The van der Waals surface area contributed by atoms with Crippen LogP contribution in [0.15, 0.2) is 24.7 Å². The second kappa shape index (κ2) is 7.37. The lowest BCUT2D eigenvalue weighted by molar-refractivity contribution is 0.122. The van der Waals surface area contributed by atoms with E-state index < -0.39 is 0 Å². The van der Waals surface area contributed by atoms with Crippen LogP contribution in [0.25, 0.3) is 0 Å². The van der Waals surface area contributed by atoms with Gasteiger partial charge in [0.25, 0.3) is 0 Å². The van der Waals surface area contributed by atoms with Crippen molar-refractivity contribution in [2.45, 2.75) is 0 Å². The molecular formula is C16H20ClN7O. The Labute approximate surface area is 151 Å². The Hall–Kier alpha value is -2.19. The second-order valence-electron chi connectivity index (χ2n) is 5.99. The number of piperazine rings is 1. The topological polar surface area (TPSA) is 70.5 Å². The van der Waals surface area contributed by atoms with E-state index in [4.69, 9.17) is 21.3 Å². The number of halogens is 1. The van der Waals surface area contributed by atoms with Crippen LogP contribution in [0.1, 0.15) is 0 Å². The minimum absolute atomic E-state index is 0.555. The molecule has 25 heavy (non-hydrogen) atoms. The molecule has 0 bridgehead atoms. The van der Waals surface area contributed by atoms with Gasteiger partial charge in [0.05, 0.1) is 30.6 Å². The Morgan fingerprint density at radius 2 is 1.44 bits per heavy atom. The van der Waals surface area contributed by atoms with Gasteiger partial charge in [0, 0.05) is 45.5 Å². The average Bonchev–Trinajstić information content (AvgIpc) is 2.70. The molecule has 0 aromatic carbocycles. The van der Waals surface area contributed by atoms with E-state index in [1.165, 1.54) is 0 Å². The molecule has 2 aromatic rings. The van der Waals surface area contributed by atoms with E-state index in [-0.39, 0.29) is 0 Å². The minimum atomic E-state index is 0.555. The number of morpholine rings is 1. The van der Waals surface area contributed by atoms with Gasteiger partial charge in [0.1, 0.15) is 5.82 Å². The van der Waals surface area contributed by atoms with Crippen molar-refractivity contribution in [2.24, 2.45) is 0 Å². The molecule has 2 saturated heterocycles. The first kappa shape index (κ1) is 16.3. The van der Waals surface area contributed by atoms with Gasteiger partial charge in [-0.05, 0) is 6.07 Å². The van der Waals surface area contributed by atoms with Gasteiger partial charge in [-0.1, -0.05) is 11.6 Å². The fraction of sp³-hybridized carbons (Fsp3) is 0.500. The normalized spacial score (nSPS) is 18.5. The summed E-state index contributed by atoms with van der Waals surface area (Å²) < 4.78 is 5.40. The van der Waals surface area contributed by atoms with Crippen LogP contribution in [0.2, 0.25) is 5.02 Å². The summed E-state index contributed by atoms with van der Waals surface area (Å²) in [5.74, 6) is 2.47. The van der Waals surface area contributed by atoms with Gasteiger partial charge in [0.15, 0.2) is 0 Å². The van der Waals surface area contributed by atoms with Crippen LogP contribution in [0.5, 0.6) is 0 Å². The number of hydrogen-bond acceptors (Lipinski definition) is 8. The van der Waals surface area contributed by atoms with Crippen molar-refractivity contribution in [3.63, 3.8) is 0 Å². The molecular weight excluding hydrogens is 342 g/mol. The summed E-state index contributed by atoms with van der Waals surface area (Å²) in [4.78, 5) is 24.4. The van der Waals surface area contributed by atoms with E-state index in [1.807, 2.05) is 12.3 Å². The highest BCUT2D eigenvalue weighted by Crippen LogP contribution is 2.19. The third-order valence-corrected chi connectivity index (χ3v) is 4.61. The summed E-state index contributed by atoms with van der Waals surface area (Å²) in [6.07, 6.45) is 5.10. The monoisotopic (exact) mass is 361 g/mol. The standard InChI is InChI=1S/C16H20ClN7O/c17-13-11-19-15(20-12-13)23-5-3-22(4-6-23)14-1-2-18-16(21-14)24-7-9-25-10-8-24/h1-2,11-12H,3-10H2. The third kappa shape index (κ3) is 3.74. The van der Waals surface area contributed by atoms with E-state index >= 15 is 0 Å². The van der Waals surface area contributed by atoms with Crippen molar-refractivity contribution in [2.75, 3.05) is 67.2 Å². The molecule has 8 nitrogen and oxygen atoms in total. The Bertz CT molecular complexity index is 700. The van der Waals surface area contributed by atoms with Crippen LogP contribution < -0.4 is 14.7 Å². The van der Waals surface area contributed by atoms with Crippen molar-refractivity contribution in [3.05, 3.63) is 29.7 Å². The number of nitrogens with zero attached hydrogens (tertiary/aromatic N) is 7. The zero-order chi connectivity index (χ0) is 17.1. The van der Waals surface area contributed by atoms with E-state index in [0.717, 1.165) is 70.2 Å². The first-order chi connectivity index (χ1) is 12.3. The number of anilines is 3. The van der Waals surface area contributed by atoms with Crippen LogP contribution in [-0.4, -0.2) is 72.4 Å². The van der Waals surface area contributed by atoms with Gasteiger partial charge in [-0.2, -0.15) is 4.98 Å². The molecule has 4 rings (SSSR count). The maximum Gasteiger partial charge on any atom is 0.227 e. The first-order valence-electron chi connectivity index (χ1n) is 8.43. The fourth-order valence-electron chi connectivity index (χ4n) is 3.04. The lowest BCUT2D eigenvalue weighted by Gasteiger charge is -2.35. The second-order valence-corrected chi connectivity index (χ2v) is 6.43. The highest BCUT2D eigenvalue weighted by molar-refractivity contribution is 6.30. The van der Waals surface area contributed by atoms with E-state index in [9.17, 15) is 0 Å². The molecule has 0 aliphatic carbocycles. The third-order valence-electron chi connectivity index (χ3n) is 4.42. The van der Waals surface area contributed by atoms with Crippen LogP contribution in [-0.2, 0) is 4.74 Å². The molecule has 9 heteroatoms. The highest BCUT2D eigenvalue weighted by Gasteiger charge is 2.21. The van der Waals surface area contributed by atoms with Crippen LogP contribution >= 0.6 is 11.6 Å². The van der Waals surface area contributed by atoms with Crippen molar-refractivity contribution in [1.82, 2.24) is 19.9 Å². The molecule has 0 amide bonds. The van der Waals surface area contributed by atoms with Gasteiger partial charge in [0.2, 0.25) is 11.9 Å². The van der Waals surface area contributed by atoms with Crippen LogP contribution in [0.4, 0.5) is 17.7 Å². The van der Waals surface area contributed by atoms with Crippen LogP contribution in [0.3, 0.4) is 0 Å². The zero-order valence-corrected chi connectivity index (χ0v) is 14.6. The maximum absolute atomic E-state index is 5.85. The quantitative estimate of drug-likeness (QED) is 0.804. The average molecular weight is 362 g/mol. The number of rotatable bonds is 3. The van der Waals surface area contributed by atoms with E-state index in [2.05, 4.69) is 29.7 Å². The van der Waals surface area contributed by atoms with Gasteiger partial charge < -0.3 is 19.4 Å². The summed E-state index contributed by atoms with van der Waals surface area (Å²) in [5, 5.41) is 0.555. The lowest BCUT2D eigenvalue weighted by atomic mass is 10.3. The SMILES string of the molecule is Clc1cnc(N2CCN(c3ccnc(N4CCOCC4)n3)CC2)nc1. The Balaban J connectivity index is 1.41. The van der Waals surface area contributed by atoms with Crippen molar-refractivity contribution < 1.29 is 4.74 Å². The summed E-state index contributed by atoms with van der Waals surface area (Å²) in [5.41, 5.74) is 0. The van der Waals surface area contributed by atoms with Crippen molar-refractivity contribution >= 4 is 29.3 Å². The van der Waals surface area contributed by atoms with Gasteiger partial charge in [-0.3, -0.25) is 0 Å². The van der Waals surface area contributed by atoms with Crippen LogP contribution in [0, 0.1) is 0 Å². The van der Waals surface area contributed by atoms with E-state index in [1.54, 1.807) is 12.4 Å². The summed E-state index contributed by atoms with van der Waals surface area (Å²) >= 11 is 5.85. The Kier molecular flexibility index (Phi) is 4.80. The molecule has 0 atom stereocenters. The molecule has 2 aliphatic rings. The van der Waals surface area contributed by atoms with Gasteiger partial charge in [-0.15, -0.1) is 0 Å². The minimum Gasteiger partial charge on any atom is -0.378 e. The van der Waals surface area contributed by atoms with Crippen molar-refractivity contribution in [1.29, 1.82) is 0 Å². The summed E-state index contributed by atoms with van der Waals surface area (Å²) in [6.45, 7) is 6.56. The predicted octanol–water partition coefficient (Wildman–Crippen LogP) is 1.08. The molecule has 0 radical (unpaired) electrons. The van der Waals surface area contributed by atoms with Gasteiger partial charge in [-0.25, -0.2) is 15.0 Å². The van der Waals surface area contributed by atoms with Crippen molar-refractivity contribution in [3.8, 4) is 0 Å². The molecule has 2 fully saturated rings. The zero-order valence-electron chi connectivity index (χ0n) is 13.9. The Morgan fingerprint density at radius 3 is 2.16 bits per heavy atom. The highest BCUT2D eigenvalue weighted by atomic mass is 35.5. The molecule has 2 aliphatic heterocycles. The molecule has 2 aromatic heterocycles. The molecule has 0 N–H and O–H groups in total. The smallest absolute Gasteiger partial charge is 0.227 e. The number of ether oxygens (including phenoxy) is 1. The molecule has 0 spiro atoms.